The SMILES string of the molecule is Cc1cc(=O)[nH]c(N/N=C2/CCC[C@H](C)C2)n1. The molecule has 1 fully saturated rings. The molecule has 0 amide bonds. The van der Waals surface area contributed by atoms with Gasteiger partial charge in [-0.3, -0.25) is 9.78 Å². The average molecular weight is 234 g/mol. The first kappa shape index (κ1) is 11.8. The molecule has 0 spiro atoms. The minimum Gasteiger partial charge on any atom is -0.291 e. The first-order valence-corrected chi connectivity index (χ1v) is 6.03. The van der Waals surface area contributed by atoms with Crippen molar-refractivity contribution in [1.82, 2.24) is 9.97 Å². The Morgan fingerprint density at radius 2 is 2.41 bits per heavy atom. The molecule has 2 N–H and O–H groups in total. The Balaban J connectivity index is 2.05. The lowest BCUT2D eigenvalue weighted by molar-refractivity contribution is 0.500. The van der Waals surface area contributed by atoms with Crippen LogP contribution in [-0.2, 0) is 0 Å². The quantitative estimate of drug-likeness (QED) is 0.769. The van der Waals surface area contributed by atoms with E-state index >= 15 is 0 Å². The second kappa shape index (κ2) is 5.12. The molecule has 1 aliphatic rings. The highest BCUT2D eigenvalue weighted by Gasteiger charge is 2.13. The molecular formula is C12H18N4O. The topological polar surface area (TPSA) is 70.1 Å². The monoisotopic (exact) mass is 234 g/mol. The number of H-pyrrole nitrogens is 1. The summed E-state index contributed by atoms with van der Waals surface area (Å²) in [6.45, 7) is 4.03. The zero-order valence-electron chi connectivity index (χ0n) is 10.3. The molecule has 1 atom stereocenters. The van der Waals surface area contributed by atoms with Crippen LogP contribution in [0.5, 0.6) is 0 Å². The molecule has 1 aromatic rings. The average Bonchev–Trinajstić information content (AvgIpc) is 2.25. The predicted octanol–water partition coefficient (Wildman–Crippen LogP) is 2.06. The zero-order valence-corrected chi connectivity index (χ0v) is 10.3. The lowest BCUT2D eigenvalue weighted by atomic mass is 9.89. The van der Waals surface area contributed by atoms with Gasteiger partial charge in [0.15, 0.2) is 0 Å². The summed E-state index contributed by atoms with van der Waals surface area (Å²) in [7, 11) is 0. The van der Waals surface area contributed by atoms with Crippen LogP contribution >= 0.6 is 0 Å². The fraction of sp³-hybridized carbons (Fsp3) is 0.583. The highest BCUT2D eigenvalue weighted by atomic mass is 16.1. The second-order valence-electron chi connectivity index (χ2n) is 4.73. The number of aromatic amines is 1. The molecule has 0 bridgehead atoms. The van der Waals surface area contributed by atoms with E-state index < -0.39 is 0 Å². The van der Waals surface area contributed by atoms with Gasteiger partial charge in [-0.05, 0) is 38.5 Å². The Morgan fingerprint density at radius 3 is 3.12 bits per heavy atom. The normalized spacial score (nSPS) is 22.7. The molecule has 5 heteroatoms. The highest BCUT2D eigenvalue weighted by molar-refractivity contribution is 5.85. The maximum Gasteiger partial charge on any atom is 0.252 e. The summed E-state index contributed by atoms with van der Waals surface area (Å²) in [5, 5.41) is 4.32. The smallest absolute Gasteiger partial charge is 0.252 e. The van der Waals surface area contributed by atoms with Gasteiger partial charge in [0.1, 0.15) is 0 Å². The number of hydrazone groups is 1. The number of nitrogens with zero attached hydrogens (tertiary/aromatic N) is 2. The van der Waals surface area contributed by atoms with Gasteiger partial charge in [-0.15, -0.1) is 0 Å². The van der Waals surface area contributed by atoms with Crippen molar-refractivity contribution in [3.8, 4) is 0 Å². The van der Waals surface area contributed by atoms with Crippen molar-refractivity contribution in [3.05, 3.63) is 22.1 Å². The molecule has 0 saturated heterocycles. The molecule has 92 valence electrons. The van der Waals surface area contributed by atoms with Crippen molar-refractivity contribution in [1.29, 1.82) is 0 Å². The largest absolute Gasteiger partial charge is 0.291 e. The molecule has 5 nitrogen and oxygen atoms in total. The lowest BCUT2D eigenvalue weighted by Gasteiger charge is -2.18. The van der Waals surface area contributed by atoms with Gasteiger partial charge >= 0.3 is 0 Å². The van der Waals surface area contributed by atoms with Crippen molar-refractivity contribution in [2.75, 3.05) is 5.43 Å². The van der Waals surface area contributed by atoms with Crippen molar-refractivity contribution in [3.63, 3.8) is 0 Å². The first-order chi connectivity index (χ1) is 8.13. The van der Waals surface area contributed by atoms with Gasteiger partial charge in [0, 0.05) is 17.5 Å². The Hall–Kier alpha value is -1.65. The second-order valence-corrected chi connectivity index (χ2v) is 4.73. The van der Waals surface area contributed by atoms with Gasteiger partial charge in [0.05, 0.1) is 0 Å². The van der Waals surface area contributed by atoms with Crippen molar-refractivity contribution < 1.29 is 0 Å². The third-order valence-corrected chi connectivity index (χ3v) is 2.94. The summed E-state index contributed by atoms with van der Waals surface area (Å²) >= 11 is 0. The number of hydrogen-bond donors (Lipinski definition) is 2. The predicted molar refractivity (Wildman–Crippen MR) is 68.3 cm³/mol. The third kappa shape index (κ3) is 3.41. The summed E-state index contributed by atoms with van der Waals surface area (Å²) in [6, 6.07) is 1.46. The van der Waals surface area contributed by atoms with Gasteiger partial charge in [0.2, 0.25) is 5.95 Å². The molecule has 1 aliphatic carbocycles. The molecule has 1 aromatic heterocycles. The van der Waals surface area contributed by atoms with Crippen LogP contribution in [0.15, 0.2) is 16.0 Å². The Kier molecular flexibility index (Phi) is 3.56. The van der Waals surface area contributed by atoms with E-state index in [0.717, 1.165) is 18.6 Å². The molecule has 0 unspecified atom stereocenters. The molecule has 2 rings (SSSR count). The van der Waals surface area contributed by atoms with Crippen LogP contribution in [0.4, 0.5) is 5.95 Å². The van der Waals surface area contributed by atoms with Crippen molar-refractivity contribution in [2.24, 2.45) is 11.0 Å². The van der Waals surface area contributed by atoms with Crippen LogP contribution in [0.2, 0.25) is 0 Å². The highest BCUT2D eigenvalue weighted by Crippen LogP contribution is 2.21. The van der Waals surface area contributed by atoms with Crippen LogP contribution in [0.3, 0.4) is 0 Å². The molecule has 1 saturated carbocycles. The summed E-state index contributed by atoms with van der Waals surface area (Å²) in [5.41, 5.74) is 4.53. The summed E-state index contributed by atoms with van der Waals surface area (Å²) in [5.74, 6) is 1.12. The molecule has 0 aromatic carbocycles. The van der Waals surface area contributed by atoms with Crippen molar-refractivity contribution >= 4 is 11.7 Å². The summed E-state index contributed by atoms with van der Waals surface area (Å²) < 4.78 is 0. The summed E-state index contributed by atoms with van der Waals surface area (Å²) in [4.78, 5) is 18.0. The Labute approximate surface area is 100 Å². The van der Waals surface area contributed by atoms with E-state index in [2.05, 4.69) is 27.4 Å². The van der Waals surface area contributed by atoms with Crippen LogP contribution in [0.25, 0.3) is 0 Å². The molecule has 17 heavy (non-hydrogen) atoms. The van der Waals surface area contributed by atoms with E-state index in [4.69, 9.17) is 0 Å². The number of hydrogen-bond acceptors (Lipinski definition) is 4. The van der Waals surface area contributed by atoms with Gasteiger partial charge in [-0.25, -0.2) is 10.4 Å². The van der Waals surface area contributed by atoms with E-state index in [9.17, 15) is 4.79 Å². The minimum atomic E-state index is -0.155. The number of rotatable bonds is 2. The van der Waals surface area contributed by atoms with Gasteiger partial charge in [-0.2, -0.15) is 5.10 Å². The minimum absolute atomic E-state index is 0.155. The molecule has 0 aliphatic heterocycles. The molecule has 1 heterocycles. The Morgan fingerprint density at radius 1 is 1.59 bits per heavy atom. The maximum atomic E-state index is 11.2. The van der Waals surface area contributed by atoms with E-state index in [1.54, 1.807) is 6.92 Å². The standard InChI is InChI=1S/C12H18N4O/c1-8-4-3-5-10(6-8)15-16-12-13-9(2)7-11(17)14-12/h7-8H,3-6H2,1-2H3,(H2,13,14,16,17)/b15-10-/t8-/m0/s1. The fourth-order valence-electron chi connectivity index (χ4n) is 2.13. The number of anilines is 1. The van der Waals surface area contributed by atoms with Gasteiger partial charge < -0.3 is 0 Å². The van der Waals surface area contributed by atoms with E-state index in [1.807, 2.05) is 0 Å². The van der Waals surface area contributed by atoms with E-state index in [1.165, 1.54) is 18.9 Å². The maximum absolute atomic E-state index is 11.2. The number of nitrogens with one attached hydrogen (secondary N) is 2. The number of aromatic nitrogens is 2. The molecule has 0 radical (unpaired) electrons. The van der Waals surface area contributed by atoms with Crippen LogP contribution < -0.4 is 11.0 Å². The van der Waals surface area contributed by atoms with Crippen LogP contribution in [0, 0.1) is 12.8 Å². The van der Waals surface area contributed by atoms with Gasteiger partial charge in [0.25, 0.3) is 5.56 Å². The zero-order chi connectivity index (χ0) is 12.3. The first-order valence-electron chi connectivity index (χ1n) is 6.03. The van der Waals surface area contributed by atoms with E-state index in [-0.39, 0.29) is 5.56 Å². The Bertz CT molecular complexity index is 478. The van der Waals surface area contributed by atoms with Gasteiger partial charge in [-0.1, -0.05) is 6.92 Å². The van der Waals surface area contributed by atoms with E-state index in [0.29, 0.717) is 17.6 Å². The van der Waals surface area contributed by atoms with Crippen molar-refractivity contribution in [2.45, 2.75) is 39.5 Å². The fourth-order valence-corrected chi connectivity index (χ4v) is 2.13. The van der Waals surface area contributed by atoms with Crippen LogP contribution in [0.1, 0.15) is 38.3 Å². The number of aryl methyl sites for hydroxylation is 1. The van der Waals surface area contributed by atoms with Crippen LogP contribution in [-0.4, -0.2) is 15.7 Å². The summed E-state index contributed by atoms with van der Waals surface area (Å²) in [6.07, 6.45) is 4.54. The third-order valence-electron chi connectivity index (χ3n) is 2.94. The molecular weight excluding hydrogens is 216 g/mol. The lowest BCUT2D eigenvalue weighted by Crippen LogP contribution is -2.15.